The Balaban J connectivity index is 2.30. The first-order valence-electron chi connectivity index (χ1n) is 5.89. The lowest BCUT2D eigenvalue weighted by Gasteiger charge is -2.11. The minimum Gasteiger partial charge on any atom is -0.238 e. The number of nitrogens with zero attached hydrogens (tertiary/aromatic N) is 4. The maximum absolute atomic E-state index is 9.05. The monoisotopic (exact) mass is 254 g/mol. The number of hydrogen-bond acceptors (Lipinski definition) is 5. The maximum atomic E-state index is 9.05. The van der Waals surface area contributed by atoms with Gasteiger partial charge < -0.3 is 0 Å². The molecule has 3 rings (SSSR count). The molecule has 4 nitrogen and oxygen atoms in total. The molecule has 0 saturated carbocycles. The van der Waals surface area contributed by atoms with Gasteiger partial charge in [0.2, 0.25) is 0 Å². The van der Waals surface area contributed by atoms with E-state index < -0.39 is 5.92 Å². The van der Waals surface area contributed by atoms with Gasteiger partial charge in [0.05, 0.1) is 17.8 Å². The van der Waals surface area contributed by atoms with Crippen LogP contribution >= 0.6 is 11.3 Å². The molecule has 0 amide bonds. The fourth-order valence-corrected chi connectivity index (χ4v) is 3.72. The Morgan fingerprint density at radius 2 is 1.94 bits per heavy atom. The second-order valence-corrected chi connectivity index (χ2v) is 5.42. The zero-order valence-electron chi connectivity index (χ0n) is 9.68. The molecule has 0 bridgehead atoms. The second-order valence-electron chi connectivity index (χ2n) is 4.34. The Kier molecular flexibility index (Phi) is 2.70. The summed E-state index contributed by atoms with van der Waals surface area (Å²) >= 11 is 1.68. The Morgan fingerprint density at radius 1 is 1.17 bits per heavy atom. The number of rotatable bonds is 1. The highest BCUT2D eigenvalue weighted by atomic mass is 32.1. The molecule has 0 saturated heterocycles. The predicted octanol–water partition coefficient (Wildman–Crippen LogP) is 2.70. The quantitative estimate of drug-likeness (QED) is 0.784. The van der Waals surface area contributed by atoms with Gasteiger partial charge in [-0.05, 0) is 31.2 Å². The van der Waals surface area contributed by atoms with Crippen LogP contribution < -0.4 is 0 Å². The SMILES string of the molecule is N#CC(C#N)c1ncnc2sc3c(c12)CCCC3. The van der Waals surface area contributed by atoms with Crippen molar-refractivity contribution in [2.75, 3.05) is 0 Å². The molecule has 0 unspecified atom stereocenters. The van der Waals surface area contributed by atoms with Crippen molar-refractivity contribution in [1.82, 2.24) is 9.97 Å². The lowest BCUT2D eigenvalue weighted by atomic mass is 9.94. The standard InChI is InChI=1S/C13H10N4S/c14-5-8(6-15)12-11-9-3-1-2-4-10(9)18-13(11)17-7-16-12/h7-8H,1-4H2. The second kappa shape index (κ2) is 4.36. The van der Waals surface area contributed by atoms with Gasteiger partial charge in [-0.3, -0.25) is 0 Å². The average molecular weight is 254 g/mol. The summed E-state index contributed by atoms with van der Waals surface area (Å²) in [7, 11) is 0. The smallest absolute Gasteiger partial charge is 0.175 e. The summed E-state index contributed by atoms with van der Waals surface area (Å²) in [6.45, 7) is 0. The van der Waals surface area contributed by atoms with Crippen LogP contribution in [0.25, 0.3) is 10.2 Å². The lowest BCUT2D eigenvalue weighted by Crippen LogP contribution is -2.02. The van der Waals surface area contributed by atoms with Crippen molar-refractivity contribution < 1.29 is 0 Å². The molecule has 1 aliphatic carbocycles. The van der Waals surface area contributed by atoms with E-state index >= 15 is 0 Å². The maximum Gasteiger partial charge on any atom is 0.175 e. The topological polar surface area (TPSA) is 73.4 Å². The first kappa shape index (κ1) is 11.1. The fraction of sp³-hybridized carbons (Fsp3) is 0.385. The van der Waals surface area contributed by atoms with Gasteiger partial charge in [-0.25, -0.2) is 9.97 Å². The molecule has 0 radical (unpaired) electrons. The van der Waals surface area contributed by atoms with Crippen molar-refractivity contribution in [2.24, 2.45) is 0 Å². The van der Waals surface area contributed by atoms with Gasteiger partial charge in [-0.2, -0.15) is 10.5 Å². The Morgan fingerprint density at radius 3 is 2.72 bits per heavy atom. The molecule has 0 aromatic carbocycles. The number of aryl methyl sites for hydroxylation is 2. The zero-order valence-corrected chi connectivity index (χ0v) is 10.5. The van der Waals surface area contributed by atoms with Crippen LogP contribution in [0.2, 0.25) is 0 Å². The number of fused-ring (bicyclic) bond motifs is 3. The van der Waals surface area contributed by atoms with Crippen molar-refractivity contribution in [3.8, 4) is 12.1 Å². The molecular weight excluding hydrogens is 244 g/mol. The largest absolute Gasteiger partial charge is 0.238 e. The van der Waals surface area contributed by atoms with E-state index in [0.717, 1.165) is 29.5 Å². The normalized spacial score (nSPS) is 14.2. The van der Waals surface area contributed by atoms with Crippen molar-refractivity contribution >= 4 is 21.6 Å². The van der Waals surface area contributed by atoms with E-state index in [2.05, 4.69) is 9.97 Å². The van der Waals surface area contributed by atoms with Gasteiger partial charge in [0.1, 0.15) is 11.2 Å². The van der Waals surface area contributed by atoms with Crippen molar-refractivity contribution in [1.29, 1.82) is 10.5 Å². The van der Waals surface area contributed by atoms with E-state index in [0.29, 0.717) is 5.69 Å². The molecule has 88 valence electrons. The van der Waals surface area contributed by atoms with Gasteiger partial charge in [-0.1, -0.05) is 0 Å². The summed E-state index contributed by atoms with van der Waals surface area (Å²) in [5.74, 6) is -0.795. The van der Waals surface area contributed by atoms with E-state index in [4.69, 9.17) is 10.5 Å². The molecule has 2 aromatic heterocycles. The minimum absolute atomic E-state index is 0.587. The minimum atomic E-state index is -0.795. The summed E-state index contributed by atoms with van der Waals surface area (Å²) < 4.78 is 0. The molecular formula is C13H10N4S. The number of hydrogen-bond donors (Lipinski definition) is 0. The Bertz CT molecular complexity index is 675. The summed E-state index contributed by atoms with van der Waals surface area (Å²) in [5.41, 5.74) is 1.86. The Labute approximate surface area is 109 Å². The highest BCUT2D eigenvalue weighted by molar-refractivity contribution is 7.18. The van der Waals surface area contributed by atoms with E-state index in [1.54, 1.807) is 11.3 Å². The molecule has 0 fully saturated rings. The first-order chi connectivity index (χ1) is 8.85. The zero-order chi connectivity index (χ0) is 12.5. The number of aromatic nitrogens is 2. The molecule has 2 heterocycles. The number of thiophene rings is 1. The van der Waals surface area contributed by atoms with Crippen LogP contribution in [0.15, 0.2) is 6.33 Å². The van der Waals surface area contributed by atoms with Crippen LogP contribution in [-0.4, -0.2) is 9.97 Å². The molecule has 18 heavy (non-hydrogen) atoms. The lowest BCUT2D eigenvalue weighted by molar-refractivity contribution is 0.699. The third-order valence-electron chi connectivity index (χ3n) is 3.31. The fourth-order valence-electron chi connectivity index (χ4n) is 2.48. The molecule has 0 N–H and O–H groups in total. The highest BCUT2D eigenvalue weighted by Gasteiger charge is 2.23. The molecule has 0 aliphatic heterocycles. The summed E-state index contributed by atoms with van der Waals surface area (Å²) in [5, 5.41) is 19.1. The summed E-state index contributed by atoms with van der Waals surface area (Å²) in [6.07, 6.45) is 5.93. The average Bonchev–Trinajstić information content (AvgIpc) is 2.79. The summed E-state index contributed by atoms with van der Waals surface area (Å²) in [6, 6.07) is 4.02. The van der Waals surface area contributed by atoms with Gasteiger partial charge in [0.15, 0.2) is 5.92 Å². The third-order valence-corrected chi connectivity index (χ3v) is 4.51. The van der Waals surface area contributed by atoms with Crippen LogP contribution in [0.4, 0.5) is 0 Å². The van der Waals surface area contributed by atoms with Crippen molar-refractivity contribution in [3.05, 3.63) is 22.5 Å². The van der Waals surface area contributed by atoms with E-state index in [9.17, 15) is 0 Å². The van der Waals surface area contributed by atoms with Crippen LogP contribution in [0, 0.1) is 22.7 Å². The van der Waals surface area contributed by atoms with Crippen LogP contribution in [0.1, 0.15) is 34.9 Å². The summed E-state index contributed by atoms with van der Waals surface area (Å²) in [4.78, 5) is 10.7. The molecule has 0 spiro atoms. The number of nitriles is 2. The van der Waals surface area contributed by atoms with Gasteiger partial charge in [0.25, 0.3) is 0 Å². The van der Waals surface area contributed by atoms with Gasteiger partial charge in [-0.15, -0.1) is 11.3 Å². The van der Waals surface area contributed by atoms with E-state index in [1.165, 1.54) is 23.2 Å². The predicted molar refractivity (Wildman–Crippen MR) is 68.0 cm³/mol. The molecule has 1 aliphatic rings. The first-order valence-corrected chi connectivity index (χ1v) is 6.71. The van der Waals surface area contributed by atoms with Gasteiger partial charge >= 0.3 is 0 Å². The van der Waals surface area contributed by atoms with Gasteiger partial charge in [0, 0.05) is 10.3 Å². The Hall–Kier alpha value is -1.98. The van der Waals surface area contributed by atoms with Crippen LogP contribution in [-0.2, 0) is 12.8 Å². The molecule has 0 atom stereocenters. The highest BCUT2D eigenvalue weighted by Crippen LogP contribution is 2.38. The van der Waals surface area contributed by atoms with Crippen molar-refractivity contribution in [3.63, 3.8) is 0 Å². The molecule has 2 aromatic rings. The van der Waals surface area contributed by atoms with Crippen LogP contribution in [0.5, 0.6) is 0 Å². The van der Waals surface area contributed by atoms with E-state index in [1.807, 2.05) is 12.1 Å². The van der Waals surface area contributed by atoms with Crippen molar-refractivity contribution in [2.45, 2.75) is 31.6 Å². The van der Waals surface area contributed by atoms with E-state index in [-0.39, 0.29) is 0 Å². The molecule has 5 heteroatoms. The third kappa shape index (κ3) is 1.56. The van der Waals surface area contributed by atoms with Crippen LogP contribution in [0.3, 0.4) is 0 Å².